The van der Waals surface area contributed by atoms with Gasteiger partial charge in [0, 0.05) is 44.2 Å². The highest BCUT2D eigenvalue weighted by molar-refractivity contribution is 6.11. The lowest BCUT2D eigenvalue weighted by molar-refractivity contribution is -0.125. The first kappa shape index (κ1) is 27.4. The molecule has 0 atom stereocenters. The van der Waals surface area contributed by atoms with Crippen molar-refractivity contribution in [2.24, 2.45) is 10.9 Å². The van der Waals surface area contributed by atoms with E-state index in [1.165, 1.54) is 12.8 Å². The number of likely N-dealkylation sites (N-methyl/N-ethyl adjacent to an activating group) is 2. The van der Waals surface area contributed by atoms with Crippen LogP contribution in [0, 0.1) is 5.92 Å². The standard InChI is InChI=1S/C30H43N3O/c1-8-11-12-19-31-29-18-17-28(21-25(29)9-2)32(7)24(6)26-14-13-20-33(10-3)30(34)22-27(16-15-26)23(4)5/h9,13-15,17-18,21-23H,6,8,10-12,16,19-20H2,1-5,7H3/b14-13-,25-9+,26-15+,27-22+,31-29-. The normalized spacial score (nSPS) is 23.4. The van der Waals surface area contributed by atoms with Crippen LogP contribution in [0.25, 0.3) is 0 Å². The molecule has 1 aliphatic heterocycles. The van der Waals surface area contributed by atoms with Gasteiger partial charge in [-0.2, -0.15) is 0 Å². The molecule has 1 amide bonds. The van der Waals surface area contributed by atoms with E-state index in [2.05, 4.69) is 88.8 Å². The van der Waals surface area contributed by atoms with Gasteiger partial charge in [-0.15, -0.1) is 0 Å². The third-order valence-corrected chi connectivity index (χ3v) is 6.42. The summed E-state index contributed by atoms with van der Waals surface area (Å²) in [7, 11) is 2.06. The van der Waals surface area contributed by atoms with Crippen molar-refractivity contribution in [3.63, 3.8) is 0 Å². The minimum absolute atomic E-state index is 0.0900. The van der Waals surface area contributed by atoms with Crippen LogP contribution in [-0.2, 0) is 4.79 Å². The summed E-state index contributed by atoms with van der Waals surface area (Å²) in [4.78, 5) is 21.4. The first-order valence-electron chi connectivity index (χ1n) is 12.7. The minimum Gasteiger partial charge on any atom is -0.345 e. The van der Waals surface area contributed by atoms with Crippen molar-refractivity contribution in [3.8, 4) is 0 Å². The van der Waals surface area contributed by atoms with E-state index in [0.717, 1.165) is 53.2 Å². The largest absolute Gasteiger partial charge is 0.345 e. The Morgan fingerprint density at radius 2 is 1.97 bits per heavy atom. The van der Waals surface area contributed by atoms with Crippen LogP contribution >= 0.6 is 0 Å². The van der Waals surface area contributed by atoms with Gasteiger partial charge in [-0.25, -0.2) is 0 Å². The number of allylic oxidation sites excluding steroid dienone is 8. The number of carbonyl (C=O) groups excluding carboxylic acids is 1. The van der Waals surface area contributed by atoms with Crippen LogP contribution < -0.4 is 0 Å². The van der Waals surface area contributed by atoms with Crippen molar-refractivity contribution in [1.82, 2.24) is 9.80 Å². The van der Waals surface area contributed by atoms with Crippen LogP contribution in [0.5, 0.6) is 0 Å². The summed E-state index contributed by atoms with van der Waals surface area (Å²) in [6.45, 7) is 17.2. The second kappa shape index (κ2) is 13.7. The molecule has 0 radical (unpaired) electrons. The summed E-state index contributed by atoms with van der Waals surface area (Å²) in [5, 5.41) is 0. The molecule has 0 N–H and O–H groups in total. The topological polar surface area (TPSA) is 35.9 Å². The maximum atomic E-state index is 12.6. The fraction of sp³-hybridized carbons (Fsp3) is 0.467. The highest BCUT2D eigenvalue weighted by Crippen LogP contribution is 2.26. The van der Waals surface area contributed by atoms with E-state index in [-0.39, 0.29) is 5.91 Å². The number of unbranched alkanes of at least 4 members (excludes halogenated alkanes) is 2. The third kappa shape index (κ3) is 7.58. The van der Waals surface area contributed by atoms with Gasteiger partial charge in [-0.1, -0.05) is 70.1 Å². The smallest absolute Gasteiger partial charge is 0.246 e. The van der Waals surface area contributed by atoms with Crippen molar-refractivity contribution in [2.75, 3.05) is 26.7 Å². The molecule has 34 heavy (non-hydrogen) atoms. The molecule has 0 fully saturated rings. The average molecular weight is 462 g/mol. The highest BCUT2D eigenvalue weighted by Gasteiger charge is 2.16. The number of hydrogen-bond donors (Lipinski definition) is 0. The summed E-state index contributed by atoms with van der Waals surface area (Å²) in [5.41, 5.74) is 6.44. The first-order chi connectivity index (χ1) is 16.3. The van der Waals surface area contributed by atoms with E-state index >= 15 is 0 Å². The monoisotopic (exact) mass is 461 g/mol. The maximum Gasteiger partial charge on any atom is 0.246 e. The second-order valence-corrected chi connectivity index (χ2v) is 9.14. The van der Waals surface area contributed by atoms with Gasteiger partial charge >= 0.3 is 0 Å². The fourth-order valence-corrected chi connectivity index (χ4v) is 3.94. The zero-order valence-corrected chi connectivity index (χ0v) is 22.1. The molecule has 0 saturated carbocycles. The van der Waals surface area contributed by atoms with Crippen molar-refractivity contribution in [1.29, 1.82) is 0 Å². The van der Waals surface area contributed by atoms with Crippen molar-refractivity contribution in [3.05, 3.63) is 83.3 Å². The number of hydrogen-bond acceptors (Lipinski definition) is 3. The van der Waals surface area contributed by atoms with Crippen LogP contribution in [0.4, 0.5) is 0 Å². The molecule has 1 heterocycles. The molecular formula is C30H43N3O. The van der Waals surface area contributed by atoms with Crippen LogP contribution in [0.1, 0.15) is 60.3 Å². The molecule has 0 aromatic heterocycles. The van der Waals surface area contributed by atoms with Gasteiger partial charge in [0.2, 0.25) is 5.91 Å². The van der Waals surface area contributed by atoms with Crippen LogP contribution in [0.3, 0.4) is 0 Å². The molecule has 2 rings (SSSR count). The molecule has 2 aliphatic rings. The molecule has 0 aromatic carbocycles. The lowest BCUT2D eigenvalue weighted by Gasteiger charge is -2.27. The molecule has 0 aromatic rings. The first-order valence-corrected chi connectivity index (χ1v) is 12.7. The van der Waals surface area contributed by atoms with Gasteiger partial charge in [0.25, 0.3) is 0 Å². The molecular weight excluding hydrogens is 418 g/mol. The average Bonchev–Trinajstić information content (AvgIpc) is 2.84. The Bertz CT molecular complexity index is 954. The number of rotatable bonds is 9. The molecule has 4 nitrogen and oxygen atoms in total. The summed E-state index contributed by atoms with van der Waals surface area (Å²) in [6.07, 6.45) is 21.0. The number of nitrogens with zero attached hydrogens (tertiary/aromatic N) is 3. The van der Waals surface area contributed by atoms with Gasteiger partial charge < -0.3 is 9.80 Å². The van der Waals surface area contributed by atoms with E-state index in [0.29, 0.717) is 19.0 Å². The highest BCUT2D eigenvalue weighted by atomic mass is 16.2. The lowest BCUT2D eigenvalue weighted by Crippen LogP contribution is -2.30. The molecule has 0 unspecified atom stereocenters. The Hall–Kier alpha value is -2.88. The Balaban J connectivity index is 2.26. The third-order valence-electron chi connectivity index (χ3n) is 6.42. The van der Waals surface area contributed by atoms with Gasteiger partial charge in [0.15, 0.2) is 0 Å². The molecule has 184 valence electrons. The Morgan fingerprint density at radius 1 is 1.21 bits per heavy atom. The van der Waals surface area contributed by atoms with E-state index in [1.807, 2.05) is 17.9 Å². The molecule has 0 saturated heterocycles. The predicted octanol–water partition coefficient (Wildman–Crippen LogP) is 6.78. The van der Waals surface area contributed by atoms with Crippen LogP contribution in [0.2, 0.25) is 0 Å². The lowest BCUT2D eigenvalue weighted by atomic mass is 9.96. The van der Waals surface area contributed by atoms with Gasteiger partial charge in [-0.3, -0.25) is 9.79 Å². The summed E-state index contributed by atoms with van der Waals surface area (Å²) in [5.74, 6) is 0.401. The summed E-state index contributed by atoms with van der Waals surface area (Å²) >= 11 is 0. The fourth-order valence-electron chi connectivity index (χ4n) is 3.94. The van der Waals surface area contributed by atoms with Crippen LogP contribution in [0.15, 0.2) is 88.3 Å². The van der Waals surface area contributed by atoms with Gasteiger partial charge in [0.05, 0.1) is 5.71 Å². The Labute approximate surface area is 207 Å². The van der Waals surface area contributed by atoms with Gasteiger partial charge in [-0.05, 0) is 62.0 Å². The zero-order chi connectivity index (χ0) is 25.1. The van der Waals surface area contributed by atoms with E-state index < -0.39 is 0 Å². The zero-order valence-electron chi connectivity index (χ0n) is 22.1. The Kier molecular flexibility index (Phi) is 11.1. The molecule has 1 aliphatic carbocycles. The molecule has 4 heteroatoms. The molecule has 0 bridgehead atoms. The number of aliphatic imine (C=N–C) groups is 1. The minimum atomic E-state index is 0.0900. The SMILES string of the molecule is C=C(C1=C/C/C(C(C)C)=C\C(=O)N(CC)C/C=C\1)N(C)C1=CC(=C\C)/C(=N\CCCCC)C=C1. The summed E-state index contributed by atoms with van der Waals surface area (Å²) < 4.78 is 0. The maximum absolute atomic E-state index is 12.6. The van der Waals surface area contributed by atoms with E-state index in [1.54, 1.807) is 0 Å². The van der Waals surface area contributed by atoms with Crippen molar-refractivity contribution >= 4 is 11.6 Å². The van der Waals surface area contributed by atoms with Crippen molar-refractivity contribution in [2.45, 2.75) is 60.3 Å². The quantitative estimate of drug-likeness (QED) is 0.355. The Morgan fingerprint density at radius 3 is 2.62 bits per heavy atom. The van der Waals surface area contributed by atoms with Crippen LogP contribution in [-0.4, -0.2) is 48.1 Å². The van der Waals surface area contributed by atoms with Gasteiger partial charge in [0.1, 0.15) is 0 Å². The van der Waals surface area contributed by atoms with E-state index in [9.17, 15) is 4.79 Å². The van der Waals surface area contributed by atoms with Crippen molar-refractivity contribution < 1.29 is 4.79 Å². The second-order valence-electron chi connectivity index (χ2n) is 9.14. The number of carbonyl (C=O) groups is 1. The van der Waals surface area contributed by atoms with E-state index in [4.69, 9.17) is 4.99 Å². The molecule has 0 spiro atoms. The number of amides is 1. The predicted molar refractivity (Wildman–Crippen MR) is 147 cm³/mol. The summed E-state index contributed by atoms with van der Waals surface area (Å²) in [6, 6.07) is 0.